The fourth-order valence-electron chi connectivity index (χ4n) is 3.82. The first-order chi connectivity index (χ1) is 11.3. The maximum absolute atomic E-state index is 5.21. The van der Waals surface area contributed by atoms with Crippen LogP contribution in [0.3, 0.4) is 0 Å². The number of fused-ring (bicyclic) bond motifs is 3. The molecular formula is C18H24N4O. The Balaban J connectivity index is 1.47. The van der Waals surface area contributed by atoms with Crippen LogP contribution >= 0.6 is 0 Å². The summed E-state index contributed by atoms with van der Waals surface area (Å²) in [6.45, 7) is 1.02. The molecule has 2 atom stereocenters. The summed E-state index contributed by atoms with van der Waals surface area (Å²) in [6.07, 6.45) is 6.82. The molecule has 0 amide bonds. The lowest BCUT2D eigenvalue weighted by atomic mass is 9.98. The summed E-state index contributed by atoms with van der Waals surface area (Å²) in [7, 11) is 1.70. The van der Waals surface area contributed by atoms with Crippen LogP contribution in [-0.2, 0) is 25.8 Å². The van der Waals surface area contributed by atoms with Crippen LogP contribution in [-0.4, -0.2) is 34.0 Å². The van der Waals surface area contributed by atoms with Crippen molar-refractivity contribution in [1.82, 2.24) is 20.1 Å². The minimum Gasteiger partial charge on any atom is -0.497 e. The summed E-state index contributed by atoms with van der Waals surface area (Å²) in [5.41, 5.74) is 1.31. The molecule has 2 aliphatic rings. The van der Waals surface area contributed by atoms with Gasteiger partial charge in [-0.3, -0.25) is 0 Å². The molecule has 2 aromatic rings. The fraction of sp³-hybridized carbons (Fsp3) is 0.556. The monoisotopic (exact) mass is 312 g/mol. The van der Waals surface area contributed by atoms with E-state index in [0.717, 1.165) is 43.2 Å². The predicted molar refractivity (Wildman–Crippen MR) is 88.7 cm³/mol. The molecule has 4 rings (SSSR count). The maximum atomic E-state index is 5.21. The number of hydrogen-bond acceptors (Lipinski definition) is 4. The number of ether oxygens (including phenoxy) is 1. The van der Waals surface area contributed by atoms with Crippen LogP contribution in [0.15, 0.2) is 24.3 Å². The number of piperidine rings is 1. The molecule has 122 valence electrons. The normalized spacial score (nSPS) is 23.2. The molecule has 0 aliphatic carbocycles. The molecule has 5 heteroatoms. The summed E-state index contributed by atoms with van der Waals surface area (Å²) in [4.78, 5) is 0. The molecule has 0 spiro atoms. The van der Waals surface area contributed by atoms with Crippen molar-refractivity contribution in [1.29, 1.82) is 0 Å². The first kappa shape index (κ1) is 14.7. The quantitative estimate of drug-likeness (QED) is 0.940. The highest BCUT2D eigenvalue weighted by Crippen LogP contribution is 2.22. The molecule has 1 aromatic carbocycles. The summed E-state index contributed by atoms with van der Waals surface area (Å²) in [6, 6.07) is 9.49. The second-order valence-corrected chi connectivity index (χ2v) is 6.69. The largest absolute Gasteiger partial charge is 0.497 e. The third-order valence-corrected chi connectivity index (χ3v) is 5.11. The topological polar surface area (TPSA) is 52.0 Å². The highest BCUT2D eigenvalue weighted by molar-refractivity contribution is 5.27. The van der Waals surface area contributed by atoms with Gasteiger partial charge in [-0.2, -0.15) is 0 Å². The molecule has 0 saturated carbocycles. The van der Waals surface area contributed by atoms with Crippen molar-refractivity contribution in [3.8, 4) is 5.75 Å². The van der Waals surface area contributed by atoms with E-state index in [2.05, 4.69) is 32.2 Å². The Bertz CT molecular complexity index is 664. The molecular weight excluding hydrogens is 288 g/mol. The zero-order valence-electron chi connectivity index (χ0n) is 13.7. The van der Waals surface area contributed by atoms with E-state index in [1.165, 1.54) is 24.8 Å². The van der Waals surface area contributed by atoms with Gasteiger partial charge in [0.25, 0.3) is 0 Å². The van der Waals surface area contributed by atoms with Crippen molar-refractivity contribution in [3.63, 3.8) is 0 Å². The maximum Gasteiger partial charge on any atom is 0.134 e. The minimum atomic E-state index is 0.589. The van der Waals surface area contributed by atoms with Crippen molar-refractivity contribution in [2.75, 3.05) is 7.11 Å². The van der Waals surface area contributed by atoms with Crippen LogP contribution in [0.25, 0.3) is 0 Å². The number of hydrogen-bond donors (Lipinski definition) is 1. The van der Waals surface area contributed by atoms with Crippen molar-refractivity contribution < 1.29 is 4.74 Å². The van der Waals surface area contributed by atoms with E-state index >= 15 is 0 Å². The van der Waals surface area contributed by atoms with Crippen LogP contribution in [0.2, 0.25) is 0 Å². The van der Waals surface area contributed by atoms with Gasteiger partial charge in [-0.05, 0) is 37.0 Å². The molecule has 1 N–H and O–H groups in total. The SMILES string of the molecule is COc1ccc(CCc2nnc3n2CC2CCCC(C3)N2)cc1. The lowest BCUT2D eigenvalue weighted by Gasteiger charge is -2.27. The van der Waals surface area contributed by atoms with E-state index in [-0.39, 0.29) is 0 Å². The summed E-state index contributed by atoms with van der Waals surface area (Å²) in [5.74, 6) is 3.20. The third kappa shape index (κ3) is 3.11. The standard InChI is InChI=1S/C18H24N4O/c1-23-16-8-5-13(6-9-16)7-10-17-20-21-18-11-14-3-2-4-15(19-14)12-22(17)18/h5-6,8-9,14-15,19H,2-4,7,10-12H2,1H3. The molecule has 1 aromatic heterocycles. The van der Waals surface area contributed by atoms with Gasteiger partial charge < -0.3 is 14.6 Å². The van der Waals surface area contributed by atoms with Crippen LogP contribution in [0.1, 0.15) is 36.5 Å². The van der Waals surface area contributed by atoms with Crippen LogP contribution in [0.4, 0.5) is 0 Å². The van der Waals surface area contributed by atoms with Gasteiger partial charge >= 0.3 is 0 Å². The van der Waals surface area contributed by atoms with Gasteiger partial charge in [0, 0.05) is 31.5 Å². The van der Waals surface area contributed by atoms with E-state index in [0.29, 0.717) is 12.1 Å². The Kier molecular flexibility index (Phi) is 4.04. The van der Waals surface area contributed by atoms with Gasteiger partial charge in [0.1, 0.15) is 17.4 Å². The fourth-order valence-corrected chi connectivity index (χ4v) is 3.82. The van der Waals surface area contributed by atoms with Gasteiger partial charge in [0.2, 0.25) is 0 Å². The highest BCUT2D eigenvalue weighted by atomic mass is 16.5. The zero-order chi connectivity index (χ0) is 15.6. The summed E-state index contributed by atoms with van der Waals surface area (Å²) >= 11 is 0. The Labute approximate surface area is 137 Å². The predicted octanol–water partition coefficient (Wildman–Crippen LogP) is 2.14. The first-order valence-corrected chi connectivity index (χ1v) is 8.62. The van der Waals surface area contributed by atoms with Crippen molar-refractivity contribution >= 4 is 0 Å². The minimum absolute atomic E-state index is 0.589. The van der Waals surface area contributed by atoms with Gasteiger partial charge in [-0.15, -0.1) is 10.2 Å². The lowest BCUT2D eigenvalue weighted by molar-refractivity contribution is 0.313. The second-order valence-electron chi connectivity index (χ2n) is 6.69. The highest BCUT2D eigenvalue weighted by Gasteiger charge is 2.28. The Morgan fingerprint density at radius 1 is 1.13 bits per heavy atom. The molecule has 1 saturated heterocycles. The van der Waals surface area contributed by atoms with Gasteiger partial charge in [0.05, 0.1) is 7.11 Å². The average Bonchev–Trinajstić information content (AvgIpc) is 2.90. The van der Waals surface area contributed by atoms with Crippen molar-refractivity contribution in [2.24, 2.45) is 0 Å². The van der Waals surface area contributed by atoms with Crippen LogP contribution < -0.4 is 10.1 Å². The van der Waals surface area contributed by atoms with Crippen LogP contribution in [0, 0.1) is 0 Å². The smallest absolute Gasteiger partial charge is 0.134 e. The average molecular weight is 312 g/mol. The third-order valence-electron chi connectivity index (χ3n) is 5.11. The van der Waals surface area contributed by atoms with Crippen LogP contribution in [0.5, 0.6) is 5.75 Å². The Hall–Kier alpha value is -1.88. The zero-order valence-corrected chi connectivity index (χ0v) is 13.7. The van der Waals surface area contributed by atoms with E-state index in [1.54, 1.807) is 7.11 Å². The molecule has 23 heavy (non-hydrogen) atoms. The number of nitrogens with one attached hydrogen (secondary N) is 1. The van der Waals surface area contributed by atoms with Crippen molar-refractivity contribution in [3.05, 3.63) is 41.5 Å². The molecule has 5 nitrogen and oxygen atoms in total. The Morgan fingerprint density at radius 2 is 1.96 bits per heavy atom. The molecule has 1 fully saturated rings. The van der Waals surface area contributed by atoms with E-state index < -0.39 is 0 Å². The first-order valence-electron chi connectivity index (χ1n) is 8.62. The van der Waals surface area contributed by atoms with Gasteiger partial charge in [0.15, 0.2) is 0 Å². The number of nitrogens with zero attached hydrogens (tertiary/aromatic N) is 3. The molecule has 2 unspecified atom stereocenters. The summed E-state index contributed by atoms with van der Waals surface area (Å²) in [5, 5.41) is 12.7. The number of rotatable bonds is 4. The van der Waals surface area contributed by atoms with E-state index in [9.17, 15) is 0 Å². The van der Waals surface area contributed by atoms with Gasteiger partial charge in [-0.25, -0.2) is 0 Å². The number of aryl methyl sites for hydroxylation is 2. The van der Waals surface area contributed by atoms with E-state index in [1.807, 2.05) is 12.1 Å². The molecule has 2 bridgehead atoms. The molecule has 3 heterocycles. The molecule has 0 radical (unpaired) electrons. The number of methoxy groups -OCH3 is 1. The Morgan fingerprint density at radius 3 is 2.78 bits per heavy atom. The second kappa shape index (κ2) is 6.32. The van der Waals surface area contributed by atoms with Crippen molar-refractivity contribution in [2.45, 2.75) is 57.2 Å². The lowest BCUT2D eigenvalue weighted by Crippen LogP contribution is -2.43. The summed E-state index contributed by atoms with van der Waals surface area (Å²) < 4.78 is 7.58. The number of aromatic nitrogens is 3. The van der Waals surface area contributed by atoms with Gasteiger partial charge in [-0.1, -0.05) is 18.6 Å². The number of benzene rings is 1. The molecule has 2 aliphatic heterocycles. The van der Waals surface area contributed by atoms with E-state index in [4.69, 9.17) is 4.74 Å².